The molecule has 1 N–H and O–H groups in total. The highest BCUT2D eigenvalue weighted by Gasteiger charge is 2.22. The lowest BCUT2D eigenvalue weighted by Gasteiger charge is -2.34. The van der Waals surface area contributed by atoms with Crippen LogP contribution in [0.3, 0.4) is 0 Å². The van der Waals surface area contributed by atoms with Gasteiger partial charge in [-0.3, -0.25) is 4.79 Å². The quantitative estimate of drug-likeness (QED) is 0.816. The molecule has 1 atom stereocenters. The van der Waals surface area contributed by atoms with Crippen LogP contribution in [-0.2, 0) is 11.2 Å². The van der Waals surface area contributed by atoms with Crippen molar-refractivity contribution in [3.8, 4) is 0 Å². The fourth-order valence-corrected chi connectivity index (χ4v) is 2.55. The summed E-state index contributed by atoms with van der Waals surface area (Å²) in [5.41, 5.74) is 1.13. The van der Waals surface area contributed by atoms with E-state index < -0.39 is 0 Å². The lowest BCUT2D eigenvalue weighted by atomic mass is 10.1. The van der Waals surface area contributed by atoms with Gasteiger partial charge in [0.05, 0.1) is 6.42 Å². The number of hydrogen-bond donors (Lipinski definition) is 1. The van der Waals surface area contributed by atoms with Gasteiger partial charge in [-0.1, -0.05) is 0 Å². The monoisotopic (exact) mass is 224 g/mol. The van der Waals surface area contributed by atoms with E-state index in [1.807, 2.05) is 21.7 Å². The van der Waals surface area contributed by atoms with E-state index in [0.29, 0.717) is 12.5 Å². The molecule has 15 heavy (non-hydrogen) atoms. The first-order valence-corrected chi connectivity index (χ1v) is 6.23. The second-order valence-electron chi connectivity index (χ2n) is 3.95. The van der Waals surface area contributed by atoms with Crippen molar-refractivity contribution in [3.05, 3.63) is 22.4 Å². The molecule has 1 aromatic rings. The molecule has 1 saturated heterocycles. The Bertz CT molecular complexity index is 323. The molecule has 0 spiro atoms. The van der Waals surface area contributed by atoms with Gasteiger partial charge in [-0.2, -0.15) is 11.3 Å². The first-order chi connectivity index (χ1) is 7.27. The Balaban J connectivity index is 1.95. The van der Waals surface area contributed by atoms with Gasteiger partial charge in [0, 0.05) is 25.7 Å². The Morgan fingerprint density at radius 3 is 3.27 bits per heavy atom. The van der Waals surface area contributed by atoms with Gasteiger partial charge in [0.2, 0.25) is 5.91 Å². The fraction of sp³-hybridized carbons (Fsp3) is 0.545. The van der Waals surface area contributed by atoms with Crippen LogP contribution in [0.5, 0.6) is 0 Å². The van der Waals surface area contributed by atoms with Gasteiger partial charge in [0.1, 0.15) is 0 Å². The van der Waals surface area contributed by atoms with Gasteiger partial charge in [0.25, 0.3) is 0 Å². The van der Waals surface area contributed by atoms with E-state index in [4.69, 9.17) is 0 Å². The molecule has 1 fully saturated rings. The third-order valence-corrected chi connectivity index (χ3v) is 3.49. The smallest absolute Gasteiger partial charge is 0.227 e. The molecule has 3 nitrogen and oxygen atoms in total. The summed E-state index contributed by atoms with van der Waals surface area (Å²) in [5, 5.41) is 7.35. The van der Waals surface area contributed by atoms with Crippen LogP contribution in [0.25, 0.3) is 0 Å². The van der Waals surface area contributed by atoms with E-state index in [2.05, 4.69) is 12.2 Å². The van der Waals surface area contributed by atoms with Gasteiger partial charge >= 0.3 is 0 Å². The lowest BCUT2D eigenvalue weighted by molar-refractivity contribution is -0.133. The Morgan fingerprint density at radius 1 is 1.73 bits per heavy atom. The van der Waals surface area contributed by atoms with Crippen molar-refractivity contribution in [2.45, 2.75) is 19.4 Å². The third-order valence-electron chi connectivity index (χ3n) is 2.76. The third kappa shape index (κ3) is 2.58. The van der Waals surface area contributed by atoms with Gasteiger partial charge in [-0.05, 0) is 29.3 Å². The zero-order valence-electron chi connectivity index (χ0n) is 8.90. The minimum atomic E-state index is 0.252. The van der Waals surface area contributed by atoms with Gasteiger partial charge < -0.3 is 10.2 Å². The van der Waals surface area contributed by atoms with Crippen LogP contribution in [-0.4, -0.2) is 36.5 Å². The van der Waals surface area contributed by atoms with E-state index in [1.165, 1.54) is 0 Å². The number of piperazine rings is 1. The largest absolute Gasteiger partial charge is 0.337 e. The van der Waals surface area contributed by atoms with Crippen LogP contribution in [0.4, 0.5) is 0 Å². The number of thiophene rings is 1. The summed E-state index contributed by atoms with van der Waals surface area (Å²) in [5.74, 6) is 0.252. The predicted octanol–water partition coefficient (Wildman–Crippen LogP) is 1.11. The highest BCUT2D eigenvalue weighted by atomic mass is 32.1. The van der Waals surface area contributed by atoms with E-state index >= 15 is 0 Å². The number of hydrogen-bond acceptors (Lipinski definition) is 3. The molecule has 1 aliphatic heterocycles. The summed E-state index contributed by atoms with van der Waals surface area (Å²) in [4.78, 5) is 14.0. The van der Waals surface area contributed by atoms with Gasteiger partial charge in [-0.15, -0.1) is 0 Å². The molecular formula is C11H16N2OS. The number of carbonyl (C=O) groups excluding carboxylic acids is 1. The highest BCUT2D eigenvalue weighted by molar-refractivity contribution is 7.07. The number of amides is 1. The zero-order chi connectivity index (χ0) is 10.7. The molecule has 2 heterocycles. The van der Waals surface area contributed by atoms with Crippen LogP contribution in [0.1, 0.15) is 12.5 Å². The summed E-state index contributed by atoms with van der Waals surface area (Å²) in [6, 6.07) is 2.35. The number of rotatable bonds is 2. The van der Waals surface area contributed by atoms with Crippen molar-refractivity contribution in [3.63, 3.8) is 0 Å². The Kier molecular flexibility index (Phi) is 3.38. The molecular weight excluding hydrogens is 208 g/mol. The summed E-state index contributed by atoms with van der Waals surface area (Å²) in [6.45, 7) is 4.76. The Morgan fingerprint density at radius 2 is 2.60 bits per heavy atom. The molecule has 0 saturated carbocycles. The van der Waals surface area contributed by atoms with Crippen LogP contribution >= 0.6 is 11.3 Å². The van der Waals surface area contributed by atoms with Crippen LogP contribution in [0.15, 0.2) is 16.8 Å². The Labute approximate surface area is 94.1 Å². The van der Waals surface area contributed by atoms with Gasteiger partial charge in [-0.25, -0.2) is 0 Å². The van der Waals surface area contributed by atoms with E-state index in [1.54, 1.807) is 11.3 Å². The zero-order valence-corrected chi connectivity index (χ0v) is 9.72. The van der Waals surface area contributed by atoms with Crippen molar-refractivity contribution in [2.24, 2.45) is 0 Å². The summed E-state index contributed by atoms with van der Waals surface area (Å²) in [6.07, 6.45) is 0.549. The Hall–Kier alpha value is -0.870. The maximum atomic E-state index is 12.0. The number of nitrogens with zero attached hydrogens (tertiary/aromatic N) is 1. The van der Waals surface area contributed by atoms with Crippen LogP contribution in [0.2, 0.25) is 0 Å². The molecule has 1 amide bonds. The SMILES string of the molecule is C[C@H]1CNCCN1C(=O)Cc1ccsc1. The predicted molar refractivity (Wildman–Crippen MR) is 62.1 cm³/mol. The normalized spacial score (nSPS) is 21.7. The molecule has 0 bridgehead atoms. The van der Waals surface area contributed by atoms with Gasteiger partial charge in [0.15, 0.2) is 0 Å². The van der Waals surface area contributed by atoms with Crippen molar-refractivity contribution >= 4 is 17.2 Å². The van der Waals surface area contributed by atoms with Crippen molar-refractivity contribution < 1.29 is 4.79 Å². The first-order valence-electron chi connectivity index (χ1n) is 5.28. The molecule has 82 valence electrons. The van der Waals surface area contributed by atoms with Crippen LogP contribution < -0.4 is 5.32 Å². The highest BCUT2D eigenvalue weighted by Crippen LogP contribution is 2.10. The average Bonchev–Trinajstić information content (AvgIpc) is 2.71. The summed E-state index contributed by atoms with van der Waals surface area (Å²) < 4.78 is 0. The standard InChI is InChI=1S/C11H16N2OS/c1-9-7-12-3-4-13(9)11(14)6-10-2-5-15-8-10/h2,5,8-9,12H,3-4,6-7H2,1H3/t9-/m0/s1. The van der Waals surface area contributed by atoms with Crippen molar-refractivity contribution in [1.82, 2.24) is 10.2 Å². The number of carbonyl (C=O) groups is 1. The van der Waals surface area contributed by atoms with E-state index in [-0.39, 0.29) is 5.91 Å². The minimum absolute atomic E-state index is 0.252. The molecule has 0 aliphatic carbocycles. The molecule has 0 aromatic carbocycles. The maximum Gasteiger partial charge on any atom is 0.227 e. The second kappa shape index (κ2) is 4.77. The van der Waals surface area contributed by atoms with E-state index in [0.717, 1.165) is 25.2 Å². The summed E-state index contributed by atoms with van der Waals surface area (Å²) in [7, 11) is 0. The summed E-state index contributed by atoms with van der Waals surface area (Å²) >= 11 is 1.65. The maximum absolute atomic E-state index is 12.0. The van der Waals surface area contributed by atoms with E-state index in [9.17, 15) is 4.79 Å². The van der Waals surface area contributed by atoms with Crippen molar-refractivity contribution in [1.29, 1.82) is 0 Å². The molecule has 1 aromatic heterocycles. The molecule has 4 heteroatoms. The van der Waals surface area contributed by atoms with Crippen LogP contribution in [0, 0.1) is 0 Å². The first kappa shape index (κ1) is 10.6. The second-order valence-corrected chi connectivity index (χ2v) is 4.73. The molecule has 1 aliphatic rings. The lowest BCUT2D eigenvalue weighted by Crippen LogP contribution is -2.52. The van der Waals surface area contributed by atoms with Crippen molar-refractivity contribution in [2.75, 3.05) is 19.6 Å². The minimum Gasteiger partial charge on any atom is -0.337 e. The molecule has 0 unspecified atom stereocenters. The average molecular weight is 224 g/mol. The number of nitrogens with one attached hydrogen (secondary N) is 1. The topological polar surface area (TPSA) is 32.3 Å². The fourth-order valence-electron chi connectivity index (χ4n) is 1.88. The molecule has 0 radical (unpaired) electrons. The molecule has 2 rings (SSSR count).